The van der Waals surface area contributed by atoms with Crippen LogP contribution in [0.3, 0.4) is 0 Å². The van der Waals surface area contributed by atoms with Crippen molar-refractivity contribution in [3.05, 3.63) is 62.5 Å². The molecule has 22 heavy (non-hydrogen) atoms. The van der Waals surface area contributed by atoms with Gasteiger partial charge >= 0.3 is 0 Å². The van der Waals surface area contributed by atoms with Crippen LogP contribution in [0.2, 0.25) is 0 Å². The van der Waals surface area contributed by atoms with Gasteiger partial charge in [-0.15, -0.1) is 0 Å². The summed E-state index contributed by atoms with van der Waals surface area (Å²) >= 11 is 3.35. The van der Waals surface area contributed by atoms with E-state index in [9.17, 15) is 4.79 Å². The van der Waals surface area contributed by atoms with Crippen molar-refractivity contribution in [3.8, 4) is 0 Å². The second kappa shape index (κ2) is 5.56. The molecule has 1 saturated heterocycles. The van der Waals surface area contributed by atoms with Gasteiger partial charge < -0.3 is 9.88 Å². The summed E-state index contributed by atoms with van der Waals surface area (Å²) in [7, 11) is 0. The zero-order valence-electron chi connectivity index (χ0n) is 12.3. The molecule has 2 atom stereocenters. The van der Waals surface area contributed by atoms with Crippen molar-refractivity contribution in [2.45, 2.75) is 13.0 Å². The van der Waals surface area contributed by atoms with E-state index in [2.05, 4.69) is 61.0 Å². The Morgan fingerprint density at radius 1 is 1.23 bits per heavy atom. The van der Waals surface area contributed by atoms with E-state index in [-0.39, 0.29) is 5.56 Å². The van der Waals surface area contributed by atoms with Gasteiger partial charge in [-0.05, 0) is 39.9 Å². The van der Waals surface area contributed by atoms with Crippen LogP contribution in [0.1, 0.15) is 11.3 Å². The Morgan fingerprint density at radius 3 is 2.86 bits per heavy atom. The van der Waals surface area contributed by atoms with Crippen LogP contribution in [0.15, 0.2) is 45.7 Å². The van der Waals surface area contributed by atoms with Crippen LogP contribution in [0.5, 0.6) is 0 Å². The van der Waals surface area contributed by atoms with Crippen LogP contribution in [0.25, 0.3) is 0 Å². The van der Waals surface area contributed by atoms with Crippen LogP contribution in [-0.4, -0.2) is 29.6 Å². The molecule has 3 heterocycles. The van der Waals surface area contributed by atoms with Gasteiger partial charge in [0.25, 0.3) is 5.56 Å². The number of aromatic nitrogens is 1. The molecule has 0 saturated carbocycles. The predicted molar refractivity (Wildman–Crippen MR) is 91.0 cm³/mol. The molecule has 1 fully saturated rings. The molecule has 1 aromatic heterocycles. The van der Waals surface area contributed by atoms with Crippen LogP contribution < -0.4 is 10.5 Å². The molecule has 2 bridgehead atoms. The summed E-state index contributed by atoms with van der Waals surface area (Å²) in [4.78, 5) is 19.6. The van der Waals surface area contributed by atoms with Gasteiger partial charge in [-0.2, -0.15) is 0 Å². The molecule has 114 valence electrons. The maximum Gasteiger partial charge on any atom is 0.262 e. The molecule has 5 heteroatoms. The molecule has 4 rings (SSSR count). The van der Waals surface area contributed by atoms with E-state index in [1.807, 2.05) is 6.07 Å². The summed E-state index contributed by atoms with van der Waals surface area (Å²) in [6, 6.07) is 12.7. The van der Waals surface area contributed by atoms with E-state index in [1.165, 1.54) is 11.3 Å². The number of H-pyrrole nitrogens is 1. The van der Waals surface area contributed by atoms with Crippen LogP contribution in [0, 0.1) is 5.92 Å². The Balaban J connectivity index is 1.59. The molecule has 0 amide bonds. The lowest BCUT2D eigenvalue weighted by atomic mass is 9.95. The van der Waals surface area contributed by atoms with Crippen molar-refractivity contribution < 1.29 is 0 Å². The molecule has 2 unspecified atom stereocenters. The van der Waals surface area contributed by atoms with Gasteiger partial charge in [-0.3, -0.25) is 9.69 Å². The molecule has 1 aromatic carbocycles. The summed E-state index contributed by atoms with van der Waals surface area (Å²) in [5.74, 6) is 0.620. The van der Waals surface area contributed by atoms with Crippen molar-refractivity contribution in [1.82, 2.24) is 9.88 Å². The minimum absolute atomic E-state index is 0.0399. The van der Waals surface area contributed by atoms with Gasteiger partial charge in [0, 0.05) is 19.6 Å². The Kier molecular flexibility index (Phi) is 3.54. The lowest BCUT2D eigenvalue weighted by Gasteiger charge is -2.45. The molecular weight excluding hydrogens is 342 g/mol. The topological polar surface area (TPSA) is 39.3 Å². The summed E-state index contributed by atoms with van der Waals surface area (Å²) in [5, 5.41) is 0. The Bertz CT molecular complexity index is 743. The summed E-state index contributed by atoms with van der Waals surface area (Å²) < 4.78 is 0.616. The molecular formula is C17H18BrN3O. The molecule has 0 radical (unpaired) electrons. The predicted octanol–water partition coefficient (Wildman–Crippen LogP) is 2.59. The smallest absolute Gasteiger partial charge is 0.262 e. The normalized spacial score (nSPS) is 23.2. The maximum atomic E-state index is 11.8. The summed E-state index contributed by atoms with van der Waals surface area (Å²) in [6.07, 6.45) is 1.10. The minimum atomic E-state index is -0.0399. The molecule has 1 N–H and O–H groups in total. The first-order chi connectivity index (χ1) is 10.7. The highest BCUT2D eigenvalue weighted by atomic mass is 79.9. The largest absolute Gasteiger partial charge is 0.357 e. The van der Waals surface area contributed by atoms with Crippen molar-refractivity contribution in [1.29, 1.82) is 0 Å². The zero-order valence-corrected chi connectivity index (χ0v) is 13.8. The second-order valence-electron chi connectivity index (χ2n) is 6.24. The average molecular weight is 360 g/mol. The van der Waals surface area contributed by atoms with Gasteiger partial charge in [-0.25, -0.2) is 0 Å². The monoisotopic (exact) mass is 359 g/mol. The quantitative estimate of drug-likeness (QED) is 0.895. The van der Waals surface area contributed by atoms with E-state index < -0.39 is 0 Å². The van der Waals surface area contributed by atoms with E-state index in [1.54, 1.807) is 0 Å². The lowest BCUT2D eigenvalue weighted by molar-refractivity contribution is 0.169. The number of nitrogens with one attached hydrogen (secondary N) is 1. The van der Waals surface area contributed by atoms with E-state index in [0.29, 0.717) is 10.4 Å². The fraction of sp³-hybridized carbons (Fsp3) is 0.353. The number of nitrogens with zero attached hydrogens (tertiary/aromatic N) is 2. The second-order valence-corrected chi connectivity index (χ2v) is 7.10. The van der Waals surface area contributed by atoms with E-state index in [0.717, 1.165) is 38.4 Å². The molecule has 2 aliphatic rings. The van der Waals surface area contributed by atoms with E-state index in [4.69, 9.17) is 0 Å². The van der Waals surface area contributed by atoms with Crippen molar-refractivity contribution >= 4 is 21.6 Å². The summed E-state index contributed by atoms with van der Waals surface area (Å²) in [6.45, 7) is 3.91. The first-order valence-electron chi connectivity index (χ1n) is 7.62. The number of pyridine rings is 1. The first-order valence-corrected chi connectivity index (χ1v) is 8.41. The fourth-order valence-electron chi connectivity index (χ4n) is 3.62. The molecule has 2 aromatic rings. The lowest BCUT2D eigenvalue weighted by Crippen LogP contribution is -2.53. The van der Waals surface area contributed by atoms with Gasteiger partial charge in [0.2, 0.25) is 0 Å². The molecule has 4 nitrogen and oxygen atoms in total. The van der Waals surface area contributed by atoms with Crippen molar-refractivity contribution in [2.75, 3.05) is 24.7 Å². The Morgan fingerprint density at radius 2 is 2.05 bits per heavy atom. The number of halogens is 1. The number of rotatable bonds is 2. The third kappa shape index (κ3) is 2.59. The number of aromatic amines is 1. The SMILES string of the molecule is O=c1[nH]c2c(cc1Br)N1CC(Cc3ccccc3)CN(C2)C1. The van der Waals surface area contributed by atoms with Gasteiger partial charge in [0.05, 0.1) is 22.5 Å². The maximum absolute atomic E-state index is 11.8. The zero-order chi connectivity index (χ0) is 15.1. The summed E-state index contributed by atoms with van der Waals surface area (Å²) in [5.41, 5.74) is 3.57. The van der Waals surface area contributed by atoms with Crippen molar-refractivity contribution in [2.24, 2.45) is 5.92 Å². The highest BCUT2D eigenvalue weighted by molar-refractivity contribution is 9.10. The number of hydrogen-bond acceptors (Lipinski definition) is 3. The molecule has 0 spiro atoms. The minimum Gasteiger partial charge on any atom is -0.357 e. The van der Waals surface area contributed by atoms with Gasteiger partial charge in [0.15, 0.2) is 0 Å². The molecule has 2 aliphatic heterocycles. The van der Waals surface area contributed by atoms with Crippen molar-refractivity contribution in [3.63, 3.8) is 0 Å². The van der Waals surface area contributed by atoms with Gasteiger partial charge in [-0.1, -0.05) is 30.3 Å². The highest BCUT2D eigenvalue weighted by Crippen LogP contribution is 2.31. The average Bonchev–Trinajstić information content (AvgIpc) is 2.50. The number of hydrogen-bond donors (Lipinski definition) is 1. The third-order valence-electron chi connectivity index (χ3n) is 4.51. The number of anilines is 1. The Labute approximate surface area is 137 Å². The van der Waals surface area contributed by atoms with E-state index >= 15 is 0 Å². The first kappa shape index (κ1) is 14.0. The van der Waals surface area contributed by atoms with Crippen LogP contribution >= 0.6 is 15.9 Å². The number of benzene rings is 1. The number of fused-ring (bicyclic) bond motifs is 4. The third-order valence-corrected chi connectivity index (χ3v) is 5.10. The van der Waals surface area contributed by atoms with Crippen LogP contribution in [0.4, 0.5) is 5.69 Å². The molecule has 0 aliphatic carbocycles. The van der Waals surface area contributed by atoms with Gasteiger partial charge in [0.1, 0.15) is 0 Å². The standard InChI is InChI=1S/C17H18BrN3O/c18-14-7-16-15(19-17(14)22)10-20-8-13(9-21(16)11-20)6-12-4-2-1-3-5-12/h1-5,7,13H,6,8-11H2,(H,19,22). The highest BCUT2D eigenvalue weighted by Gasteiger charge is 2.32. The fourth-order valence-corrected chi connectivity index (χ4v) is 3.93. The Hall–Kier alpha value is -1.59. The van der Waals surface area contributed by atoms with Crippen LogP contribution in [-0.2, 0) is 13.0 Å².